The highest BCUT2D eigenvalue weighted by molar-refractivity contribution is 6.83. The van der Waals surface area contributed by atoms with Gasteiger partial charge in [0.2, 0.25) is 0 Å². The average Bonchev–Trinajstić information content (AvgIpc) is 3.38. The van der Waals surface area contributed by atoms with Crippen LogP contribution in [0.5, 0.6) is 0 Å². The van der Waals surface area contributed by atoms with Gasteiger partial charge in [-0.25, -0.2) is 0 Å². The van der Waals surface area contributed by atoms with Gasteiger partial charge in [0.15, 0.2) is 0 Å². The highest BCUT2D eigenvalue weighted by Crippen LogP contribution is 2.33. The Hall–Kier alpha value is -6.00. The SMILES string of the molecule is CN(C)c1ccc(C#Cc2ccc3c4ccc(C#Cc5ccc([N+](=O)[O-])cc5)cc4n(-c4ccc(C#C[Si](C)(C)C)cc4)c3c2)cc1. The fraction of sp³-hybridized carbons (Fsp3) is 0.122. The van der Waals surface area contributed by atoms with E-state index in [9.17, 15) is 10.1 Å². The summed E-state index contributed by atoms with van der Waals surface area (Å²) < 4.78 is 2.26. The van der Waals surface area contributed by atoms with Gasteiger partial charge in [0, 0.05) is 76.2 Å². The summed E-state index contributed by atoms with van der Waals surface area (Å²) in [6, 6.07) is 35.5. The fourth-order valence-corrected chi connectivity index (χ4v) is 5.72. The van der Waals surface area contributed by atoms with Gasteiger partial charge >= 0.3 is 0 Å². The van der Waals surface area contributed by atoms with Crippen LogP contribution in [-0.2, 0) is 0 Å². The normalized spacial score (nSPS) is 10.7. The topological polar surface area (TPSA) is 51.3 Å². The molecule has 0 radical (unpaired) electrons. The molecule has 6 heteroatoms. The Morgan fingerprint density at radius 2 is 1.02 bits per heavy atom. The van der Waals surface area contributed by atoms with Crippen molar-refractivity contribution in [2.45, 2.75) is 19.6 Å². The van der Waals surface area contributed by atoms with E-state index >= 15 is 0 Å². The molecule has 0 aliphatic heterocycles. The van der Waals surface area contributed by atoms with Gasteiger partial charge in [0.1, 0.15) is 8.07 Å². The van der Waals surface area contributed by atoms with Crippen LogP contribution in [0, 0.1) is 45.3 Å². The van der Waals surface area contributed by atoms with Crippen molar-refractivity contribution in [2.75, 3.05) is 19.0 Å². The van der Waals surface area contributed by atoms with Gasteiger partial charge in [-0.3, -0.25) is 10.1 Å². The second kappa shape index (κ2) is 12.8. The number of nitro benzene ring substituents is 1. The van der Waals surface area contributed by atoms with Gasteiger partial charge in [0.25, 0.3) is 5.69 Å². The highest BCUT2D eigenvalue weighted by atomic mass is 28.3. The van der Waals surface area contributed by atoms with Crippen LogP contribution in [0.25, 0.3) is 27.5 Å². The van der Waals surface area contributed by atoms with Crippen LogP contribution in [0.15, 0.2) is 109 Å². The number of hydrogen-bond donors (Lipinski definition) is 0. The minimum absolute atomic E-state index is 0.0465. The van der Waals surface area contributed by atoms with E-state index in [1.54, 1.807) is 12.1 Å². The lowest BCUT2D eigenvalue weighted by molar-refractivity contribution is -0.384. The molecule has 0 amide bonds. The summed E-state index contributed by atoms with van der Waals surface area (Å²) in [7, 11) is 2.55. The number of nitrogens with zero attached hydrogens (tertiary/aromatic N) is 3. The molecule has 0 unspecified atom stereocenters. The molecule has 0 fully saturated rings. The summed E-state index contributed by atoms with van der Waals surface area (Å²) in [6.07, 6.45) is 0. The maximum absolute atomic E-state index is 11.0. The van der Waals surface area contributed by atoms with Crippen molar-refractivity contribution < 1.29 is 4.92 Å². The maximum atomic E-state index is 11.0. The number of nitro groups is 1. The Morgan fingerprint density at radius 1 is 0.596 bits per heavy atom. The molecule has 0 saturated heterocycles. The van der Waals surface area contributed by atoms with Crippen molar-refractivity contribution in [1.29, 1.82) is 0 Å². The van der Waals surface area contributed by atoms with E-state index in [2.05, 4.69) is 131 Å². The molecule has 5 nitrogen and oxygen atoms in total. The molecule has 47 heavy (non-hydrogen) atoms. The number of hydrogen-bond acceptors (Lipinski definition) is 3. The lowest BCUT2D eigenvalue weighted by Crippen LogP contribution is -2.16. The monoisotopic (exact) mass is 627 g/mol. The quantitative estimate of drug-likeness (QED) is 0.0853. The zero-order valence-corrected chi connectivity index (χ0v) is 28.1. The molecule has 228 valence electrons. The third-order valence-electron chi connectivity index (χ3n) is 7.64. The van der Waals surface area contributed by atoms with Crippen molar-refractivity contribution in [2.24, 2.45) is 0 Å². The third-order valence-corrected chi connectivity index (χ3v) is 8.51. The third kappa shape index (κ3) is 7.13. The molecule has 1 aromatic heterocycles. The van der Waals surface area contributed by atoms with E-state index in [1.807, 2.05) is 32.3 Å². The van der Waals surface area contributed by atoms with Gasteiger partial charge in [-0.05, 0) is 84.9 Å². The van der Waals surface area contributed by atoms with E-state index < -0.39 is 13.0 Å². The van der Waals surface area contributed by atoms with Gasteiger partial charge in [-0.2, -0.15) is 0 Å². The van der Waals surface area contributed by atoms with Crippen LogP contribution in [0.1, 0.15) is 27.8 Å². The Morgan fingerprint density at radius 3 is 1.49 bits per heavy atom. The predicted molar refractivity (Wildman–Crippen MR) is 197 cm³/mol. The van der Waals surface area contributed by atoms with E-state index in [-0.39, 0.29) is 5.69 Å². The van der Waals surface area contributed by atoms with Crippen LogP contribution in [0.4, 0.5) is 11.4 Å². The Labute approximate surface area is 276 Å². The summed E-state index contributed by atoms with van der Waals surface area (Å²) in [5.41, 5.74) is 12.2. The minimum Gasteiger partial charge on any atom is -0.378 e. The van der Waals surface area contributed by atoms with Gasteiger partial charge < -0.3 is 9.47 Å². The first-order valence-electron chi connectivity index (χ1n) is 15.3. The van der Waals surface area contributed by atoms with Gasteiger partial charge in [-0.15, -0.1) is 5.54 Å². The smallest absolute Gasteiger partial charge is 0.269 e. The van der Waals surface area contributed by atoms with Gasteiger partial charge in [0.05, 0.1) is 16.0 Å². The number of non-ortho nitro benzene ring substituents is 1. The van der Waals surface area contributed by atoms with E-state index in [1.165, 1.54) is 12.1 Å². The summed E-state index contributed by atoms with van der Waals surface area (Å²) in [6.45, 7) is 6.73. The summed E-state index contributed by atoms with van der Waals surface area (Å²) in [5, 5.41) is 13.3. The molecule has 0 bridgehead atoms. The molecule has 6 aromatic rings. The lowest BCUT2D eigenvalue weighted by Gasteiger charge is -2.11. The van der Waals surface area contributed by atoms with Crippen LogP contribution < -0.4 is 4.90 Å². The Balaban J connectivity index is 1.45. The van der Waals surface area contributed by atoms with E-state index in [0.29, 0.717) is 5.56 Å². The number of fused-ring (bicyclic) bond motifs is 3. The first-order valence-corrected chi connectivity index (χ1v) is 18.8. The highest BCUT2D eigenvalue weighted by Gasteiger charge is 2.14. The number of anilines is 1. The molecular weight excluding hydrogens is 595 g/mol. The number of aromatic nitrogens is 1. The predicted octanol–water partition coefficient (Wildman–Crippen LogP) is 8.79. The fourth-order valence-electron chi connectivity index (χ4n) is 5.20. The second-order valence-corrected chi connectivity index (χ2v) is 17.3. The van der Waals surface area contributed by atoms with Crippen molar-refractivity contribution >= 4 is 41.3 Å². The molecule has 0 aliphatic carbocycles. The van der Waals surface area contributed by atoms with Crippen LogP contribution >= 0.6 is 0 Å². The molecule has 1 heterocycles. The zero-order chi connectivity index (χ0) is 33.1. The molecule has 0 atom stereocenters. The van der Waals surface area contributed by atoms with Gasteiger partial charge in [-0.1, -0.05) is 61.4 Å². The molecule has 6 rings (SSSR count). The number of rotatable bonds is 3. The van der Waals surface area contributed by atoms with Crippen LogP contribution in [0.3, 0.4) is 0 Å². The molecule has 0 saturated carbocycles. The molecule has 0 spiro atoms. The van der Waals surface area contributed by atoms with Crippen LogP contribution in [0.2, 0.25) is 19.6 Å². The maximum Gasteiger partial charge on any atom is 0.269 e. The average molecular weight is 628 g/mol. The summed E-state index contributed by atoms with van der Waals surface area (Å²) >= 11 is 0. The molecule has 5 aromatic carbocycles. The number of benzene rings is 5. The summed E-state index contributed by atoms with van der Waals surface area (Å²) in [5.74, 6) is 16.5. The molecular formula is C41H33N3O2Si. The van der Waals surface area contributed by atoms with E-state index in [4.69, 9.17) is 0 Å². The van der Waals surface area contributed by atoms with Crippen molar-refractivity contribution in [3.05, 3.63) is 147 Å². The summed E-state index contributed by atoms with van der Waals surface area (Å²) in [4.78, 5) is 12.7. The van der Waals surface area contributed by atoms with Crippen LogP contribution in [-0.4, -0.2) is 31.7 Å². The first kappa shape index (κ1) is 31.0. The molecule has 0 aliphatic rings. The standard InChI is InChI=1S/C41H33N3O2Si/c1-42(2)35-18-10-30(11-19-35)6-8-33-16-24-38-39-25-17-34(9-7-31-14-22-37(23-15-31)44(45)46)29-41(39)43(40(38)28-33)36-20-12-32(13-21-36)26-27-47(3,4)5/h10-25,28-29H,1-5H3. The van der Waals surface area contributed by atoms with Crippen molar-refractivity contribution in [3.8, 4) is 40.8 Å². The first-order chi connectivity index (χ1) is 22.5. The van der Waals surface area contributed by atoms with E-state index in [0.717, 1.165) is 55.4 Å². The lowest BCUT2D eigenvalue weighted by atomic mass is 10.1. The largest absolute Gasteiger partial charge is 0.378 e. The molecule has 0 N–H and O–H groups in total. The van der Waals surface area contributed by atoms with Crippen molar-refractivity contribution in [1.82, 2.24) is 4.57 Å². The Bertz CT molecular complexity index is 2330. The zero-order valence-electron chi connectivity index (χ0n) is 27.1. The second-order valence-electron chi connectivity index (χ2n) is 12.6. The Kier molecular flexibility index (Phi) is 8.43. The minimum atomic E-state index is -1.50. The van der Waals surface area contributed by atoms with Crippen molar-refractivity contribution in [3.63, 3.8) is 0 Å².